The number of carboxylic acids is 1. The van der Waals surface area contributed by atoms with Crippen molar-refractivity contribution in [2.45, 2.75) is 49.4 Å². The highest BCUT2D eigenvalue weighted by molar-refractivity contribution is 6.31. The Labute approximate surface area is 250 Å². The van der Waals surface area contributed by atoms with Crippen LogP contribution in [0.3, 0.4) is 0 Å². The SMILES string of the molecule is C[C@H]1Oc2c3ccc(C(=O)O)cc3nn2[C@H]2[C@@H]1N(CC1CC1)[C@]1(C(=O)Nc3cc(Cl)ccc31)[C@@H]2c1cccc(Cl)c1F. The average molecular weight is 607 g/mol. The lowest BCUT2D eigenvalue weighted by Gasteiger charge is -2.41. The lowest BCUT2D eigenvalue weighted by atomic mass is 9.73. The Kier molecular flexibility index (Phi) is 5.52. The van der Waals surface area contributed by atoms with E-state index in [1.807, 2.05) is 13.0 Å². The van der Waals surface area contributed by atoms with Crippen molar-refractivity contribution in [2.24, 2.45) is 5.92 Å². The van der Waals surface area contributed by atoms with Crippen LogP contribution in [0.15, 0.2) is 54.6 Å². The number of aromatic nitrogens is 2. The fourth-order valence-electron chi connectivity index (χ4n) is 7.54. The fraction of sp³-hybridized carbons (Fsp3) is 0.323. The molecule has 5 atom stereocenters. The highest BCUT2D eigenvalue weighted by atomic mass is 35.5. The van der Waals surface area contributed by atoms with Gasteiger partial charge in [-0.05, 0) is 67.6 Å². The Morgan fingerprint density at radius 3 is 2.74 bits per heavy atom. The van der Waals surface area contributed by atoms with E-state index in [2.05, 4.69) is 10.2 Å². The second kappa shape index (κ2) is 8.92. The number of hydrogen-bond acceptors (Lipinski definition) is 5. The van der Waals surface area contributed by atoms with Crippen LogP contribution in [0.2, 0.25) is 10.0 Å². The predicted octanol–water partition coefficient (Wildman–Crippen LogP) is 6.23. The van der Waals surface area contributed by atoms with Gasteiger partial charge in [-0.3, -0.25) is 9.69 Å². The van der Waals surface area contributed by atoms with Crippen LogP contribution in [0.25, 0.3) is 10.9 Å². The first-order chi connectivity index (χ1) is 20.2. The smallest absolute Gasteiger partial charge is 0.335 e. The van der Waals surface area contributed by atoms with Gasteiger partial charge in [-0.1, -0.05) is 41.4 Å². The lowest BCUT2D eigenvalue weighted by molar-refractivity contribution is -0.128. The molecule has 1 saturated carbocycles. The number of likely N-dealkylation sites (tertiary alicyclic amines) is 1. The van der Waals surface area contributed by atoms with Gasteiger partial charge < -0.3 is 15.2 Å². The largest absolute Gasteiger partial charge is 0.478 e. The van der Waals surface area contributed by atoms with Gasteiger partial charge in [0.15, 0.2) is 0 Å². The minimum atomic E-state index is -1.31. The molecule has 1 spiro atoms. The lowest BCUT2D eigenvalue weighted by Crippen LogP contribution is -2.56. The van der Waals surface area contributed by atoms with E-state index in [0.717, 1.165) is 18.4 Å². The summed E-state index contributed by atoms with van der Waals surface area (Å²) in [5, 5.41) is 18.6. The molecule has 0 radical (unpaired) electrons. The third-order valence-electron chi connectivity index (χ3n) is 9.37. The average Bonchev–Trinajstić information content (AvgIpc) is 3.54. The number of nitrogens with one attached hydrogen (secondary N) is 1. The monoisotopic (exact) mass is 606 g/mol. The number of anilines is 1. The van der Waals surface area contributed by atoms with E-state index in [-0.39, 0.29) is 22.5 Å². The second-order valence-electron chi connectivity index (χ2n) is 11.7. The maximum absolute atomic E-state index is 16.2. The molecule has 3 aromatic carbocycles. The molecule has 1 amide bonds. The molecule has 1 aliphatic carbocycles. The summed E-state index contributed by atoms with van der Waals surface area (Å²) in [7, 11) is 0. The van der Waals surface area contributed by atoms with Gasteiger partial charge in [0, 0.05) is 28.7 Å². The number of carbonyl (C=O) groups excluding carboxylic acids is 1. The van der Waals surface area contributed by atoms with Gasteiger partial charge in [0.2, 0.25) is 11.8 Å². The van der Waals surface area contributed by atoms with Gasteiger partial charge >= 0.3 is 5.97 Å². The van der Waals surface area contributed by atoms with Crippen molar-refractivity contribution < 1.29 is 23.8 Å². The Morgan fingerprint density at radius 1 is 1.17 bits per heavy atom. The van der Waals surface area contributed by atoms with Crippen molar-refractivity contribution in [1.29, 1.82) is 0 Å². The molecule has 0 bridgehead atoms. The molecule has 42 heavy (non-hydrogen) atoms. The number of carboxylic acid groups (broad SMARTS) is 1. The Bertz CT molecular complexity index is 1840. The van der Waals surface area contributed by atoms with Crippen LogP contribution >= 0.6 is 23.2 Å². The van der Waals surface area contributed by atoms with Crippen LogP contribution in [0, 0.1) is 11.7 Å². The van der Waals surface area contributed by atoms with Crippen LogP contribution in [0.4, 0.5) is 10.1 Å². The number of carbonyl (C=O) groups is 2. The number of amides is 1. The zero-order valence-corrected chi connectivity index (χ0v) is 23.9. The number of aromatic carboxylic acids is 1. The van der Waals surface area contributed by atoms with Gasteiger partial charge in [0.25, 0.3) is 0 Å². The van der Waals surface area contributed by atoms with E-state index in [0.29, 0.717) is 45.5 Å². The third-order valence-corrected chi connectivity index (χ3v) is 9.90. The second-order valence-corrected chi connectivity index (χ2v) is 12.6. The van der Waals surface area contributed by atoms with Gasteiger partial charge in [-0.15, -0.1) is 0 Å². The molecule has 11 heteroatoms. The molecule has 8 rings (SSSR count). The molecule has 214 valence electrons. The number of nitrogens with zero attached hydrogens (tertiary/aromatic N) is 3. The van der Waals surface area contributed by atoms with Crippen LogP contribution in [-0.2, 0) is 10.3 Å². The van der Waals surface area contributed by atoms with E-state index in [1.54, 1.807) is 35.0 Å². The molecule has 4 aliphatic rings. The van der Waals surface area contributed by atoms with Crippen molar-refractivity contribution in [3.8, 4) is 5.88 Å². The highest BCUT2D eigenvalue weighted by Gasteiger charge is 2.70. The topological polar surface area (TPSA) is 96.7 Å². The van der Waals surface area contributed by atoms with Crippen molar-refractivity contribution in [2.75, 3.05) is 11.9 Å². The van der Waals surface area contributed by atoms with E-state index >= 15 is 4.39 Å². The molecule has 8 nitrogen and oxygen atoms in total. The Hall–Kier alpha value is -3.66. The molecule has 1 saturated heterocycles. The first kappa shape index (κ1) is 26.0. The molecule has 4 heterocycles. The summed E-state index contributed by atoms with van der Waals surface area (Å²) in [6.45, 7) is 2.58. The number of rotatable bonds is 4. The minimum Gasteiger partial charge on any atom is -0.478 e. The van der Waals surface area contributed by atoms with E-state index < -0.39 is 35.4 Å². The molecular weight excluding hydrogens is 582 g/mol. The summed E-state index contributed by atoms with van der Waals surface area (Å²) in [6.07, 6.45) is 1.67. The van der Waals surface area contributed by atoms with Crippen molar-refractivity contribution in [3.63, 3.8) is 0 Å². The van der Waals surface area contributed by atoms with Crippen molar-refractivity contribution >= 4 is 51.7 Å². The molecule has 2 fully saturated rings. The zero-order chi connectivity index (χ0) is 29.1. The number of hydrogen-bond donors (Lipinski definition) is 2. The summed E-state index contributed by atoms with van der Waals surface area (Å²) < 4.78 is 24.5. The first-order valence-electron chi connectivity index (χ1n) is 13.9. The number of ether oxygens (including phenoxy) is 1. The minimum absolute atomic E-state index is 0.0355. The summed E-state index contributed by atoms with van der Waals surface area (Å²) in [5.41, 5.74) is 0.840. The Balaban J connectivity index is 1.45. The Morgan fingerprint density at radius 2 is 1.98 bits per heavy atom. The van der Waals surface area contributed by atoms with Gasteiger partial charge in [0.05, 0.1) is 33.6 Å². The number of halogens is 3. The first-order valence-corrected chi connectivity index (χ1v) is 14.7. The van der Waals surface area contributed by atoms with Gasteiger partial charge in [-0.2, -0.15) is 5.10 Å². The maximum Gasteiger partial charge on any atom is 0.335 e. The third kappa shape index (κ3) is 3.41. The van der Waals surface area contributed by atoms with Gasteiger partial charge in [0.1, 0.15) is 17.5 Å². The standard InChI is InChI=1S/C31H25Cl2FN4O4/c1-14-26-27(38-28(42-14)18-9-7-16(29(39)40)11-22(18)36-38)24(19-3-2-4-21(33)25(19)34)31(37(26)13-15-5-6-15)20-10-8-17(32)12-23(20)35-30(31)41/h2-4,7-12,14-15,24,26-27H,5-6,13H2,1H3,(H,35,41)(H,39,40)/t14-,24-,26-,27-,31+/m1/s1. The highest BCUT2D eigenvalue weighted by Crippen LogP contribution is 2.64. The summed E-state index contributed by atoms with van der Waals surface area (Å²) in [4.78, 5) is 28.5. The van der Waals surface area contributed by atoms with Gasteiger partial charge in [-0.25, -0.2) is 13.9 Å². The summed E-state index contributed by atoms with van der Waals surface area (Å²) >= 11 is 12.8. The normalized spacial score (nSPS) is 28.0. The number of fused-ring (bicyclic) bond motifs is 7. The molecular formula is C31H25Cl2FN4O4. The van der Waals surface area contributed by atoms with Crippen LogP contribution in [-0.4, -0.2) is 50.4 Å². The quantitative estimate of drug-likeness (QED) is 0.286. The van der Waals surface area contributed by atoms with Crippen molar-refractivity contribution in [3.05, 3.63) is 87.2 Å². The van der Waals surface area contributed by atoms with Crippen LogP contribution in [0.1, 0.15) is 53.2 Å². The predicted molar refractivity (Wildman–Crippen MR) is 155 cm³/mol. The number of benzene rings is 3. The maximum atomic E-state index is 16.2. The van der Waals surface area contributed by atoms with E-state index in [4.69, 9.17) is 33.0 Å². The molecule has 0 unspecified atom stereocenters. The molecule has 3 aliphatic heterocycles. The molecule has 1 aromatic heterocycles. The summed E-state index contributed by atoms with van der Waals surface area (Å²) in [5.74, 6) is -1.84. The van der Waals surface area contributed by atoms with E-state index in [1.165, 1.54) is 18.2 Å². The van der Waals surface area contributed by atoms with Crippen LogP contribution < -0.4 is 10.1 Å². The van der Waals surface area contributed by atoms with E-state index in [9.17, 15) is 14.7 Å². The zero-order valence-electron chi connectivity index (χ0n) is 22.4. The molecule has 4 aromatic rings. The fourth-order valence-corrected chi connectivity index (χ4v) is 7.89. The van der Waals surface area contributed by atoms with Crippen LogP contribution in [0.5, 0.6) is 5.88 Å². The summed E-state index contributed by atoms with van der Waals surface area (Å²) in [6, 6.07) is 14.0. The molecule has 2 N–H and O–H groups in total. The van der Waals surface area contributed by atoms with Crippen molar-refractivity contribution in [1.82, 2.24) is 14.7 Å².